The van der Waals surface area contributed by atoms with Crippen LogP contribution in [-0.2, 0) is 6.18 Å². The predicted octanol–water partition coefficient (Wildman–Crippen LogP) is 6.01. The molecule has 0 spiro atoms. The predicted molar refractivity (Wildman–Crippen MR) is 114 cm³/mol. The smallest absolute Gasteiger partial charge is 0.416 e. The number of alkyl halides is 3. The second-order valence-corrected chi connectivity index (χ2v) is 7.36. The molecule has 0 aromatic heterocycles. The van der Waals surface area contributed by atoms with E-state index in [1.165, 1.54) is 11.9 Å². The molecule has 0 radical (unpaired) electrons. The number of anilines is 1. The number of nitrogens with zero attached hydrogens (tertiary/aromatic N) is 2. The van der Waals surface area contributed by atoms with Crippen LogP contribution in [-0.4, -0.2) is 44.1 Å². The van der Waals surface area contributed by atoms with Crippen molar-refractivity contribution >= 4 is 34.8 Å². The van der Waals surface area contributed by atoms with Gasteiger partial charge in [0.25, 0.3) is 5.91 Å². The number of likely N-dealkylation sites (N-methyl/N-ethyl adjacent to an activating group) is 1. The van der Waals surface area contributed by atoms with Crippen molar-refractivity contribution in [2.24, 2.45) is 0 Å². The molecule has 0 N–H and O–H groups in total. The van der Waals surface area contributed by atoms with Crippen LogP contribution in [0.4, 0.5) is 18.9 Å². The van der Waals surface area contributed by atoms with Crippen molar-refractivity contribution in [2.45, 2.75) is 20.0 Å². The van der Waals surface area contributed by atoms with Gasteiger partial charge in [-0.25, -0.2) is 0 Å². The molecule has 30 heavy (non-hydrogen) atoms. The highest BCUT2D eigenvalue weighted by atomic mass is 35.5. The van der Waals surface area contributed by atoms with Crippen LogP contribution < -0.4 is 9.64 Å². The molecule has 0 saturated carbocycles. The van der Waals surface area contributed by atoms with Crippen molar-refractivity contribution in [3.63, 3.8) is 0 Å². The summed E-state index contributed by atoms with van der Waals surface area (Å²) in [4.78, 5) is 16.2. The average molecular weight is 463 g/mol. The number of amides is 1. The van der Waals surface area contributed by atoms with Gasteiger partial charge in [0, 0.05) is 19.3 Å². The summed E-state index contributed by atoms with van der Waals surface area (Å²) >= 11 is 12.2. The summed E-state index contributed by atoms with van der Waals surface area (Å²) in [6.45, 7) is 7.21. The third-order valence-electron chi connectivity index (χ3n) is 4.69. The number of hydrogen-bond donors (Lipinski definition) is 0. The molecule has 0 heterocycles. The molecule has 0 saturated heterocycles. The summed E-state index contributed by atoms with van der Waals surface area (Å²) < 4.78 is 44.1. The molecule has 2 rings (SSSR count). The van der Waals surface area contributed by atoms with E-state index in [-0.39, 0.29) is 10.6 Å². The number of hydrogen-bond acceptors (Lipinski definition) is 3. The van der Waals surface area contributed by atoms with Crippen molar-refractivity contribution in [1.82, 2.24) is 4.90 Å². The molecule has 2 aromatic carbocycles. The van der Waals surface area contributed by atoms with Crippen molar-refractivity contribution in [1.29, 1.82) is 0 Å². The third kappa shape index (κ3) is 6.03. The summed E-state index contributed by atoms with van der Waals surface area (Å²) in [7, 11) is 1.49. The van der Waals surface area contributed by atoms with E-state index in [2.05, 4.69) is 18.7 Å². The van der Waals surface area contributed by atoms with Crippen LogP contribution in [0.2, 0.25) is 10.0 Å². The zero-order chi connectivity index (χ0) is 22.5. The van der Waals surface area contributed by atoms with Crippen LogP contribution in [0.15, 0.2) is 36.4 Å². The maximum absolute atomic E-state index is 12.8. The zero-order valence-electron chi connectivity index (χ0n) is 16.9. The van der Waals surface area contributed by atoms with Crippen LogP contribution in [0, 0.1) is 0 Å². The first-order valence-electron chi connectivity index (χ1n) is 9.38. The second kappa shape index (κ2) is 10.4. The van der Waals surface area contributed by atoms with Crippen molar-refractivity contribution in [3.05, 3.63) is 57.6 Å². The maximum Gasteiger partial charge on any atom is 0.416 e. The molecule has 0 fully saturated rings. The molecule has 0 atom stereocenters. The van der Waals surface area contributed by atoms with Crippen molar-refractivity contribution < 1.29 is 22.7 Å². The molecule has 9 heteroatoms. The minimum atomic E-state index is -4.54. The Morgan fingerprint density at radius 3 is 2.23 bits per heavy atom. The van der Waals surface area contributed by atoms with Crippen molar-refractivity contribution in [2.75, 3.05) is 38.2 Å². The van der Waals surface area contributed by atoms with Gasteiger partial charge in [0.1, 0.15) is 12.4 Å². The highest BCUT2D eigenvalue weighted by Crippen LogP contribution is 2.33. The fourth-order valence-corrected chi connectivity index (χ4v) is 3.29. The Hall–Kier alpha value is -1.96. The number of carbonyl (C=O) groups is 1. The first-order valence-corrected chi connectivity index (χ1v) is 10.1. The molecule has 4 nitrogen and oxygen atoms in total. The summed E-state index contributed by atoms with van der Waals surface area (Å²) in [5.74, 6) is -0.0685. The summed E-state index contributed by atoms with van der Waals surface area (Å²) in [6.07, 6.45) is -4.54. The van der Waals surface area contributed by atoms with Crippen LogP contribution in [0.5, 0.6) is 5.75 Å². The van der Waals surface area contributed by atoms with Gasteiger partial charge in [-0.3, -0.25) is 4.79 Å². The molecule has 2 aromatic rings. The van der Waals surface area contributed by atoms with Gasteiger partial charge < -0.3 is 14.5 Å². The van der Waals surface area contributed by atoms with Crippen molar-refractivity contribution in [3.8, 4) is 5.75 Å². The SMILES string of the molecule is CCN(CC)CCOc1ccc(N(C)C(=O)c2ccc(C(F)(F)F)cc2Cl)cc1Cl. The van der Waals surface area contributed by atoms with E-state index < -0.39 is 17.6 Å². The minimum Gasteiger partial charge on any atom is -0.491 e. The fraction of sp³-hybridized carbons (Fsp3) is 0.381. The number of ether oxygens (including phenoxy) is 1. The topological polar surface area (TPSA) is 32.8 Å². The lowest BCUT2D eigenvalue weighted by atomic mass is 10.1. The van der Waals surface area contributed by atoms with E-state index in [4.69, 9.17) is 27.9 Å². The molecule has 0 aliphatic carbocycles. The van der Waals surface area contributed by atoms with E-state index in [0.29, 0.717) is 23.1 Å². The normalized spacial score (nSPS) is 11.6. The van der Waals surface area contributed by atoms with Crippen LogP contribution in [0.3, 0.4) is 0 Å². The third-order valence-corrected chi connectivity index (χ3v) is 5.30. The lowest BCUT2D eigenvalue weighted by Gasteiger charge is -2.21. The minimum absolute atomic E-state index is 0.0390. The molecule has 0 aliphatic rings. The molecule has 1 amide bonds. The van der Waals surface area contributed by atoms with Gasteiger partial charge in [0.05, 0.1) is 21.2 Å². The van der Waals surface area contributed by atoms with Gasteiger partial charge in [-0.15, -0.1) is 0 Å². The standard InChI is InChI=1S/C21H23Cl2F3N2O2/c1-4-28(5-2)10-11-30-19-9-7-15(13-18(19)23)27(3)20(29)16-8-6-14(12-17(16)22)21(24,25)26/h6-9,12-13H,4-5,10-11H2,1-3H3. The van der Waals surface area contributed by atoms with Crippen LogP contribution in [0.25, 0.3) is 0 Å². The number of rotatable bonds is 8. The fourth-order valence-electron chi connectivity index (χ4n) is 2.80. The Morgan fingerprint density at radius 2 is 1.70 bits per heavy atom. The van der Waals surface area contributed by atoms with Crippen LogP contribution in [0.1, 0.15) is 29.8 Å². The Balaban J connectivity index is 2.12. The monoisotopic (exact) mass is 462 g/mol. The van der Waals surface area contributed by atoms with Gasteiger partial charge in [0.15, 0.2) is 0 Å². The Kier molecular flexibility index (Phi) is 8.41. The van der Waals surface area contributed by atoms with E-state index in [1.54, 1.807) is 18.2 Å². The van der Waals surface area contributed by atoms with Crippen LogP contribution >= 0.6 is 23.2 Å². The Bertz CT molecular complexity index is 887. The Morgan fingerprint density at radius 1 is 1.03 bits per heavy atom. The van der Waals surface area contributed by atoms with E-state index in [1.807, 2.05) is 0 Å². The zero-order valence-corrected chi connectivity index (χ0v) is 18.4. The summed E-state index contributed by atoms with van der Waals surface area (Å²) in [5.41, 5.74) is -0.499. The van der Waals surface area contributed by atoms with Gasteiger partial charge >= 0.3 is 6.18 Å². The number of carbonyl (C=O) groups excluding carboxylic acids is 1. The summed E-state index contributed by atoms with van der Waals surface area (Å²) in [5, 5.41) is 0.0503. The van der Waals surface area contributed by atoms with Gasteiger partial charge in [0.2, 0.25) is 0 Å². The van der Waals surface area contributed by atoms with E-state index in [9.17, 15) is 18.0 Å². The summed E-state index contributed by atoms with van der Waals surface area (Å²) in [6, 6.07) is 7.49. The average Bonchev–Trinajstić information content (AvgIpc) is 2.70. The van der Waals surface area contributed by atoms with Gasteiger partial charge in [-0.1, -0.05) is 37.0 Å². The first-order chi connectivity index (χ1) is 14.1. The lowest BCUT2D eigenvalue weighted by Crippen LogP contribution is -2.28. The molecule has 164 valence electrons. The van der Waals surface area contributed by atoms with Gasteiger partial charge in [-0.2, -0.15) is 13.2 Å². The quantitative estimate of drug-likeness (QED) is 0.481. The largest absolute Gasteiger partial charge is 0.491 e. The molecular formula is C21H23Cl2F3N2O2. The number of benzene rings is 2. The second-order valence-electron chi connectivity index (χ2n) is 6.55. The molecular weight excluding hydrogens is 440 g/mol. The molecule has 0 unspecified atom stereocenters. The van der Waals surface area contributed by atoms with E-state index >= 15 is 0 Å². The molecule has 0 aliphatic heterocycles. The lowest BCUT2D eigenvalue weighted by molar-refractivity contribution is -0.137. The van der Waals surface area contributed by atoms with Gasteiger partial charge in [-0.05, 0) is 49.5 Å². The highest BCUT2D eigenvalue weighted by Gasteiger charge is 2.31. The highest BCUT2D eigenvalue weighted by molar-refractivity contribution is 6.35. The Labute approximate surface area is 184 Å². The molecule has 0 bridgehead atoms. The maximum atomic E-state index is 12.8. The van der Waals surface area contributed by atoms with E-state index in [0.717, 1.165) is 37.8 Å². The number of halogens is 5. The first kappa shape index (κ1) is 24.3.